The molecule has 0 saturated heterocycles. The lowest BCUT2D eigenvalue weighted by molar-refractivity contribution is 0.357. The molecule has 0 radical (unpaired) electrons. The van der Waals surface area contributed by atoms with Gasteiger partial charge in [-0.1, -0.05) is 32.1 Å². The summed E-state index contributed by atoms with van der Waals surface area (Å²) in [5, 5.41) is 9.50. The molecule has 6 heteroatoms. The Hall–Kier alpha value is -0.900. The molecule has 1 aromatic rings. The van der Waals surface area contributed by atoms with E-state index in [0.29, 0.717) is 17.1 Å². The minimum Gasteiger partial charge on any atom is -0.206 e. The van der Waals surface area contributed by atoms with Crippen LogP contribution in [0, 0.1) is 18.3 Å². The van der Waals surface area contributed by atoms with Gasteiger partial charge in [0.25, 0.3) is 10.0 Å². The van der Waals surface area contributed by atoms with E-state index in [1.807, 2.05) is 6.92 Å². The van der Waals surface area contributed by atoms with E-state index in [4.69, 9.17) is 0 Å². The van der Waals surface area contributed by atoms with Gasteiger partial charge < -0.3 is 0 Å². The summed E-state index contributed by atoms with van der Waals surface area (Å²) < 4.78 is 27.8. The SMILES string of the molecule is Cc1ccc(S(=O)(=O)NC2(C#N)CCCCCCC2)s1. The molecule has 0 atom stereocenters. The van der Waals surface area contributed by atoms with E-state index in [9.17, 15) is 13.7 Å². The van der Waals surface area contributed by atoms with E-state index in [1.165, 1.54) is 17.8 Å². The van der Waals surface area contributed by atoms with Gasteiger partial charge in [-0.2, -0.15) is 9.98 Å². The first-order valence-corrected chi connectivity index (χ1v) is 9.29. The zero-order chi connectivity index (χ0) is 14.6. The molecule has 20 heavy (non-hydrogen) atoms. The maximum Gasteiger partial charge on any atom is 0.251 e. The van der Waals surface area contributed by atoms with Crippen molar-refractivity contribution in [3.63, 3.8) is 0 Å². The summed E-state index contributed by atoms with van der Waals surface area (Å²) in [7, 11) is -3.59. The van der Waals surface area contributed by atoms with Crippen molar-refractivity contribution in [2.45, 2.75) is 61.6 Å². The Labute approximate surface area is 124 Å². The molecule has 1 N–H and O–H groups in total. The van der Waals surface area contributed by atoms with Crippen LogP contribution < -0.4 is 4.72 Å². The second-order valence-corrected chi connectivity index (χ2v) is 8.63. The highest BCUT2D eigenvalue weighted by molar-refractivity contribution is 7.91. The monoisotopic (exact) mass is 312 g/mol. The number of rotatable bonds is 3. The van der Waals surface area contributed by atoms with Crippen LogP contribution in [-0.2, 0) is 10.0 Å². The lowest BCUT2D eigenvalue weighted by atomic mass is 9.86. The molecule has 1 heterocycles. The third-order valence-electron chi connectivity index (χ3n) is 3.73. The van der Waals surface area contributed by atoms with E-state index in [1.54, 1.807) is 12.1 Å². The van der Waals surface area contributed by atoms with Crippen molar-refractivity contribution < 1.29 is 8.42 Å². The number of thiophene rings is 1. The summed E-state index contributed by atoms with van der Waals surface area (Å²) >= 11 is 1.24. The predicted octanol–water partition coefficient (Wildman–Crippen LogP) is 3.34. The Morgan fingerprint density at radius 2 is 1.80 bits per heavy atom. The average Bonchev–Trinajstić information content (AvgIpc) is 2.80. The van der Waals surface area contributed by atoms with Gasteiger partial charge in [-0.25, -0.2) is 8.42 Å². The van der Waals surface area contributed by atoms with E-state index >= 15 is 0 Å². The largest absolute Gasteiger partial charge is 0.251 e. The summed E-state index contributed by atoms with van der Waals surface area (Å²) in [6.45, 7) is 1.87. The van der Waals surface area contributed by atoms with Crippen molar-refractivity contribution in [3.05, 3.63) is 17.0 Å². The van der Waals surface area contributed by atoms with Crippen LogP contribution in [0.2, 0.25) is 0 Å². The molecule has 1 fully saturated rings. The fraction of sp³-hybridized carbons (Fsp3) is 0.643. The van der Waals surface area contributed by atoms with Gasteiger partial charge in [0.2, 0.25) is 0 Å². The number of sulfonamides is 1. The van der Waals surface area contributed by atoms with Crippen molar-refractivity contribution in [2.75, 3.05) is 0 Å². The summed E-state index contributed by atoms with van der Waals surface area (Å²) in [6, 6.07) is 5.63. The van der Waals surface area contributed by atoms with Crippen LogP contribution in [0.1, 0.15) is 49.8 Å². The number of hydrogen-bond acceptors (Lipinski definition) is 4. The second kappa shape index (κ2) is 6.25. The smallest absolute Gasteiger partial charge is 0.206 e. The Balaban J connectivity index is 2.22. The molecule has 0 amide bonds. The second-order valence-electron chi connectivity index (χ2n) is 5.43. The zero-order valence-electron chi connectivity index (χ0n) is 11.7. The van der Waals surface area contributed by atoms with Crippen LogP contribution in [-0.4, -0.2) is 14.0 Å². The molecule has 0 bridgehead atoms. The molecule has 0 aromatic carbocycles. The molecule has 2 rings (SSSR count). The van der Waals surface area contributed by atoms with Crippen LogP contribution in [0.3, 0.4) is 0 Å². The third kappa shape index (κ3) is 3.60. The highest BCUT2D eigenvalue weighted by atomic mass is 32.2. The number of nitriles is 1. The standard InChI is InChI=1S/C14H20N2O2S2/c1-12-7-8-13(19-12)20(17,18)16-14(11-15)9-5-3-2-4-6-10-14/h7-8,16H,2-6,9-10H2,1H3. The molecule has 1 aromatic heterocycles. The van der Waals surface area contributed by atoms with Gasteiger partial charge >= 0.3 is 0 Å². The minimum atomic E-state index is -3.59. The summed E-state index contributed by atoms with van der Waals surface area (Å²) in [5.74, 6) is 0. The van der Waals surface area contributed by atoms with Crippen molar-refractivity contribution in [3.8, 4) is 6.07 Å². The lowest BCUT2D eigenvalue weighted by Gasteiger charge is -2.29. The number of nitrogens with zero attached hydrogens (tertiary/aromatic N) is 1. The Kier molecular flexibility index (Phi) is 4.84. The highest BCUT2D eigenvalue weighted by Crippen LogP contribution is 2.29. The molecule has 4 nitrogen and oxygen atoms in total. The summed E-state index contributed by atoms with van der Waals surface area (Å²) in [5.41, 5.74) is -0.933. The van der Waals surface area contributed by atoms with Gasteiger partial charge in [0.05, 0.1) is 6.07 Å². The molecule has 0 spiro atoms. The quantitative estimate of drug-likeness (QED) is 0.930. The number of aryl methyl sites for hydroxylation is 1. The molecule has 1 aliphatic rings. The van der Waals surface area contributed by atoms with Crippen LogP contribution in [0.4, 0.5) is 0 Å². The van der Waals surface area contributed by atoms with E-state index in [2.05, 4.69) is 10.8 Å². The topological polar surface area (TPSA) is 70.0 Å². The predicted molar refractivity (Wildman–Crippen MR) is 80.0 cm³/mol. The van der Waals surface area contributed by atoms with Crippen LogP contribution in [0.5, 0.6) is 0 Å². The van der Waals surface area contributed by atoms with Gasteiger partial charge in [-0.05, 0) is 31.9 Å². The van der Waals surface area contributed by atoms with Gasteiger partial charge in [0.15, 0.2) is 0 Å². The fourth-order valence-electron chi connectivity index (χ4n) is 2.61. The number of hydrogen-bond donors (Lipinski definition) is 1. The Bertz CT molecular complexity index is 591. The van der Waals surface area contributed by atoms with Crippen molar-refractivity contribution in [1.82, 2.24) is 4.72 Å². The van der Waals surface area contributed by atoms with E-state index < -0.39 is 15.6 Å². The normalized spacial score (nSPS) is 19.8. The van der Waals surface area contributed by atoms with Crippen LogP contribution in [0.15, 0.2) is 16.3 Å². The maximum atomic E-state index is 12.4. The van der Waals surface area contributed by atoms with Gasteiger partial charge in [-0.3, -0.25) is 0 Å². The lowest BCUT2D eigenvalue weighted by Crippen LogP contribution is -2.47. The molecule has 1 saturated carbocycles. The van der Waals surface area contributed by atoms with E-state index in [0.717, 1.165) is 30.6 Å². The van der Waals surface area contributed by atoms with E-state index in [-0.39, 0.29) is 0 Å². The fourth-order valence-corrected chi connectivity index (χ4v) is 5.27. The first-order chi connectivity index (χ1) is 9.47. The summed E-state index contributed by atoms with van der Waals surface area (Å²) in [4.78, 5) is 0.953. The maximum absolute atomic E-state index is 12.4. The van der Waals surface area contributed by atoms with Crippen LogP contribution >= 0.6 is 11.3 Å². The molecular weight excluding hydrogens is 292 g/mol. The number of nitrogens with one attached hydrogen (secondary N) is 1. The van der Waals surface area contributed by atoms with Gasteiger partial charge in [0, 0.05) is 4.88 Å². The Morgan fingerprint density at radius 1 is 1.20 bits per heavy atom. The molecule has 1 aliphatic carbocycles. The molecular formula is C14H20N2O2S2. The third-order valence-corrected chi connectivity index (χ3v) is 6.76. The summed E-state index contributed by atoms with van der Waals surface area (Å²) in [6.07, 6.45) is 6.34. The van der Waals surface area contributed by atoms with Crippen LogP contribution in [0.25, 0.3) is 0 Å². The van der Waals surface area contributed by atoms with Gasteiger partial charge in [-0.15, -0.1) is 11.3 Å². The molecule has 0 unspecified atom stereocenters. The van der Waals surface area contributed by atoms with Crippen molar-refractivity contribution in [2.24, 2.45) is 0 Å². The Morgan fingerprint density at radius 3 is 2.30 bits per heavy atom. The van der Waals surface area contributed by atoms with Crippen molar-refractivity contribution in [1.29, 1.82) is 5.26 Å². The minimum absolute atomic E-state index is 0.298. The zero-order valence-corrected chi connectivity index (χ0v) is 13.3. The van der Waals surface area contributed by atoms with Crippen molar-refractivity contribution >= 4 is 21.4 Å². The highest BCUT2D eigenvalue weighted by Gasteiger charge is 2.35. The molecule has 110 valence electrons. The average molecular weight is 312 g/mol. The van der Waals surface area contributed by atoms with Gasteiger partial charge in [0.1, 0.15) is 9.75 Å². The first-order valence-electron chi connectivity index (χ1n) is 6.99. The first kappa shape index (κ1) is 15.5. The molecule has 0 aliphatic heterocycles.